The number of para-hydroxylation sites is 1. The van der Waals surface area contributed by atoms with E-state index in [2.05, 4.69) is 41.4 Å². The maximum absolute atomic E-state index is 3.90. The Morgan fingerprint density at radius 1 is 1.16 bits per heavy atom. The van der Waals surface area contributed by atoms with E-state index in [4.69, 9.17) is 0 Å². The van der Waals surface area contributed by atoms with Gasteiger partial charge in [-0.05, 0) is 30.9 Å². The molecule has 19 heavy (non-hydrogen) atoms. The minimum absolute atomic E-state index is 0.367. The van der Waals surface area contributed by atoms with Crippen LogP contribution in [0.2, 0.25) is 0 Å². The second-order valence-electron chi connectivity index (χ2n) is 6.24. The summed E-state index contributed by atoms with van der Waals surface area (Å²) in [5, 5.41) is 3.90. The van der Waals surface area contributed by atoms with Gasteiger partial charge in [0.25, 0.3) is 0 Å². The predicted molar refractivity (Wildman–Crippen MR) is 81.6 cm³/mol. The van der Waals surface area contributed by atoms with Crippen LogP contribution in [0.3, 0.4) is 0 Å². The lowest BCUT2D eigenvalue weighted by Crippen LogP contribution is -2.53. The van der Waals surface area contributed by atoms with Gasteiger partial charge >= 0.3 is 0 Å². The zero-order valence-corrected chi connectivity index (χ0v) is 12.1. The van der Waals surface area contributed by atoms with E-state index in [0.29, 0.717) is 5.54 Å². The first-order chi connectivity index (χ1) is 9.33. The van der Waals surface area contributed by atoms with Crippen LogP contribution in [0.25, 0.3) is 0 Å². The summed E-state index contributed by atoms with van der Waals surface area (Å²) in [6.45, 7) is 5.70. The van der Waals surface area contributed by atoms with Crippen molar-refractivity contribution in [3.63, 3.8) is 0 Å². The van der Waals surface area contributed by atoms with E-state index in [0.717, 1.165) is 6.54 Å². The number of benzene rings is 1. The third kappa shape index (κ3) is 2.64. The van der Waals surface area contributed by atoms with Gasteiger partial charge < -0.3 is 10.2 Å². The SMILES string of the molecule is CCCN1CC2(CCCCC2)NCc2ccccc21. The van der Waals surface area contributed by atoms with Crippen LogP contribution >= 0.6 is 0 Å². The number of hydrogen-bond donors (Lipinski definition) is 1. The Morgan fingerprint density at radius 2 is 1.95 bits per heavy atom. The molecule has 3 rings (SSSR count). The molecule has 2 aliphatic rings. The highest BCUT2D eigenvalue weighted by atomic mass is 15.2. The number of nitrogens with zero attached hydrogens (tertiary/aromatic N) is 1. The van der Waals surface area contributed by atoms with Gasteiger partial charge in [-0.25, -0.2) is 0 Å². The molecule has 1 aromatic carbocycles. The predicted octanol–water partition coefficient (Wildman–Crippen LogP) is 3.71. The topological polar surface area (TPSA) is 15.3 Å². The Balaban J connectivity index is 1.89. The molecule has 0 bridgehead atoms. The van der Waals surface area contributed by atoms with Gasteiger partial charge in [0.05, 0.1) is 0 Å². The molecular weight excluding hydrogens is 232 g/mol. The molecule has 1 N–H and O–H groups in total. The fraction of sp³-hybridized carbons (Fsp3) is 0.647. The van der Waals surface area contributed by atoms with Gasteiger partial charge in [-0.1, -0.05) is 44.4 Å². The molecule has 1 spiro atoms. The Bertz CT molecular complexity index is 421. The molecule has 1 aromatic rings. The zero-order chi connectivity index (χ0) is 13.1. The van der Waals surface area contributed by atoms with Gasteiger partial charge in [-0.2, -0.15) is 0 Å². The van der Waals surface area contributed by atoms with Crippen LogP contribution in [0.1, 0.15) is 51.0 Å². The quantitative estimate of drug-likeness (QED) is 0.870. The summed E-state index contributed by atoms with van der Waals surface area (Å²) in [5.74, 6) is 0. The third-order valence-electron chi connectivity index (χ3n) is 4.78. The summed E-state index contributed by atoms with van der Waals surface area (Å²) in [6, 6.07) is 8.94. The average Bonchev–Trinajstić information content (AvgIpc) is 2.59. The van der Waals surface area contributed by atoms with Crippen molar-refractivity contribution >= 4 is 5.69 Å². The largest absolute Gasteiger partial charge is 0.369 e. The van der Waals surface area contributed by atoms with Gasteiger partial charge in [0.15, 0.2) is 0 Å². The first kappa shape index (κ1) is 13.0. The lowest BCUT2D eigenvalue weighted by Gasteiger charge is -2.40. The fourth-order valence-corrected chi connectivity index (χ4v) is 3.79. The first-order valence-corrected chi connectivity index (χ1v) is 7.91. The molecule has 0 aromatic heterocycles. The molecule has 1 heterocycles. The third-order valence-corrected chi connectivity index (χ3v) is 4.78. The van der Waals surface area contributed by atoms with E-state index in [9.17, 15) is 0 Å². The van der Waals surface area contributed by atoms with Crippen molar-refractivity contribution in [2.45, 2.75) is 57.5 Å². The lowest BCUT2D eigenvalue weighted by molar-refractivity contribution is 0.236. The van der Waals surface area contributed by atoms with Crippen molar-refractivity contribution in [3.8, 4) is 0 Å². The summed E-state index contributed by atoms with van der Waals surface area (Å²) >= 11 is 0. The van der Waals surface area contributed by atoms with Gasteiger partial charge in [-0.15, -0.1) is 0 Å². The molecule has 1 aliphatic carbocycles. The summed E-state index contributed by atoms with van der Waals surface area (Å²) in [7, 11) is 0. The number of anilines is 1. The Labute approximate surface area is 117 Å². The number of hydrogen-bond acceptors (Lipinski definition) is 2. The number of fused-ring (bicyclic) bond motifs is 1. The minimum atomic E-state index is 0.367. The number of nitrogens with one attached hydrogen (secondary N) is 1. The summed E-state index contributed by atoms with van der Waals surface area (Å²) in [4.78, 5) is 2.63. The molecule has 0 unspecified atom stereocenters. The van der Waals surface area contributed by atoms with Gasteiger partial charge in [0.2, 0.25) is 0 Å². The molecule has 1 aliphatic heterocycles. The normalized spacial score (nSPS) is 22.1. The molecule has 0 amide bonds. The van der Waals surface area contributed by atoms with E-state index < -0.39 is 0 Å². The van der Waals surface area contributed by atoms with Crippen LogP contribution in [0.4, 0.5) is 5.69 Å². The van der Waals surface area contributed by atoms with Crippen molar-refractivity contribution in [2.24, 2.45) is 0 Å². The van der Waals surface area contributed by atoms with Crippen LogP contribution in [-0.4, -0.2) is 18.6 Å². The van der Waals surface area contributed by atoms with Crippen LogP contribution in [-0.2, 0) is 6.54 Å². The lowest BCUT2D eigenvalue weighted by atomic mass is 9.81. The summed E-state index contributed by atoms with van der Waals surface area (Å²) < 4.78 is 0. The molecule has 0 atom stereocenters. The van der Waals surface area contributed by atoms with Crippen LogP contribution in [0, 0.1) is 0 Å². The molecule has 2 nitrogen and oxygen atoms in total. The van der Waals surface area contributed by atoms with E-state index in [-0.39, 0.29) is 0 Å². The van der Waals surface area contributed by atoms with Crippen molar-refractivity contribution in [1.29, 1.82) is 0 Å². The molecule has 0 saturated heterocycles. The van der Waals surface area contributed by atoms with Gasteiger partial charge in [0, 0.05) is 30.9 Å². The fourth-order valence-electron chi connectivity index (χ4n) is 3.79. The maximum atomic E-state index is 3.90. The van der Waals surface area contributed by atoms with Crippen molar-refractivity contribution in [3.05, 3.63) is 29.8 Å². The molecule has 1 fully saturated rings. The van der Waals surface area contributed by atoms with E-state index in [1.807, 2.05) is 0 Å². The highest BCUT2D eigenvalue weighted by Gasteiger charge is 2.35. The van der Waals surface area contributed by atoms with E-state index in [1.165, 1.54) is 62.9 Å². The maximum Gasteiger partial charge on any atom is 0.0412 e. The second-order valence-corrected chi connectivity index (χ2v) is 6.24. The molecule has 0 radical (unpaired) electrons. The van der Waals surface area contributed by atoms with Crippen LogP contribution in [0.15, 0.2) is 24.3 Å². The van der Waals surface area contributed by atoms with E-state index in [1.54, 1.807) is 0 Å². The Hall–Kier alpha value is -1.02. The monoisotopic (exact) mass is 258 g/mol. The molecular formula is C17H26N2. The van der Waals surface area contributed by atoms with Gasteiger partial charge in [-0.3, -0.25) is 0 Å². The van der Waals surface area contributed by atoms with Crippen molar-refractivity contribution in [2.75, 3.05) is 18.0 Å². The average molecular weight is 258 g/mol. The molecule has 104 valence electrons. The van der Waals surface area contributed by atoms with Gasteiger partial charge in [0.1, 0.15) is 0 Å². The Kier molecular flexibility index (Phi) is 3.79. The second kappa shape index (κ2) is 5.54. The summed E-state index contributed by atoms with van der Waals surface area (Å²) in [6.07, 6.45) is 8.13. The van der Waals surface area contributed by atoms with Crippen LogP contribution < -0.4 is 10.2 Å². The first-order valence-electron chi connectivity index (χ1n) is 7.91. The Morgan fingerprint density at radius 3 is 2.74 bits per heavy atom. The highest BCUT2D eigenvalue weighted by molar-refractivity contribution is 5.55. The standard InChI is InChI=1S/C17H26N2/c1-2-12-19-14-17(10-6-3-7-11-17)18-13-15-8-4-5-9-16(15)19/h4-5,8-9,18H,2-3,6-7,10-14H2,1H3. The van der Waals surface area contributed by atoms with Crippen LogP contribution in [0.5, 0.6) is 0 Å². The molecule has 1 saturated carbocycles. The van der Waals surface area contributed by atoms with Crippen molar-refractivity contribution in [1.82, 2.24) is 5.32 Å². The zero-order valence-electron chi connectivity index (χ0n) is 12.1. The van der Waals surface area contributed by atoms with E-state index >= 15 is 0 Å². The smallest absolute Gasteiger partial charge is 0.0412 e. The van der Waals surface area contributed by atoms with Crippen molar-refractivity contribution < 1.29 is 0 Å². The molecule has 2 heteroatoms. The number of rotatable bonds is 2. The summed E-state index contributed by atoms with van der Waals surface area (Å²) in [5.41, 5.74) is 3.30. The highest BCUT2D eigenvalue weighted by Crippen LogP contribution is 2.34. The minimum Gasteiger partial charge on any atom is -0.369 e.